The van der Waals surface area contributed by atoms with E-state index in [-0.39, 0.29) is 22.8 Å². The van der Waals surface area contributed by atoms with Crippen molar-refractivity contribution in [2.24, 2.45) is 0 Å². The maximum Gasteiger partial charge on any atom is 0.338 e. The summed E-state index contributed by atoms with van der Waals surface area (Å²) in [5, 5.41) is 12.2. The molecule has 2 heterocycles. The smallest absolute Gasteiger partial charge is 0.338 e. The third-order valence-electron chi connectivity index (χ3n) is 2.62. The second-order valence-corrected chi connectivity index (χ2v) is 6.07. The zero-order valence-corrected chi connectivity index (χ0v) is 12.2. The van der Waals surface area contributed by atoms with Gasteiger partial charge in [0, 0.05) is 18.6 Å². The first kappa shape index (κ1) is 16.9. The predicted octanol–water partition coefficient (Wildman–Crippen LogP) is 0.115. The summed E-state index contributed by atoms with van der Waals surface area (Å²) in [6.07, 6.45) is 1.35. The number of nitrogens with zero attached hydrogens (tertiary/aromatic N) is 4. The molecule has 0 radical (unpaired) electrons. The molecule has 0 saturated carbocycles. The van der Waals surface area contributed by atoms with Crippen LogP contribution in [0.5, 0.6) is 0 Å². The van der Waals surface area contributed by atoms with Crippen molar-refractivity contribution in [3.05, 3.63) is 36.2 Å². The van der Waals surface area contributed by atoms with Crippen LogP contribution in [-0.2, 0) is 23.1 Å². The van der Waals surface area contributed by atoms with E-state index >= 15 is 0 Å². The van der Waals surface area contributed by atoms with Crippen LogP contribution in [0.15, 0.2) is 29.7 Å². The summed E-state index contributed by atoms with van der Waals surface area (Å²) in [5.41, 5.74) is -0.134. The van der Waals surface area contributed by atoms with Gasteiger partial charge in [-0.3, -0.25) is 4.68 Å². The summed E-state index contributed by atoms with van der Waals surface area (Å²) in [7, 11) is -3.97. The van der Waals surface area contributed by atoms with E-state index in [0.717, 1.165) is 29.5 Å². The summed E-state index contributed by atoms with van der Waals surface area (Å²) in [6.45, 7) is -1.00. The van der Waals surface area contributed by atoms with Gasteiger partial charge >= 0.3 is 5.97 Å². The molecule has 0 aromatic carbocycles. The molecule has 0 bridgehead atoms. The molecular formula is C11H11F2N5O4S. The fourth-order valence-corrected chi connectivity index (χ4v) is 2.46. The number of carboxylic acids is 1. The second kappa shape index (κ2) is 6.75. The fraction of sp³-hybridized carbons (Fsp3) is 0.273. The Kier molecular flexibility index (Phi) is 4.95. The fourth-order valence-electron chi connectivity index (χ4n) is 1.52. The molecule has 0 aliphatic carbocycles. The van der Waals surface area contributed by atoms with Gasteiger partial charge in [-0.2, -0.15) is 5.10 Å². The lowest BCUT2D eigenvalue weighted by molar-refractivity contribution is 0.0695. The van der Waals surface area contributed by atoms with Crippen molar-refractivity contribution in [3.8, 4) is 0 Å². The Morgan fingerprint density at radius 2 is 1.96 bits per heavy atom. The third-order valence-corrected chi connectivity index (χ3v) is 3.97. The van der Waals surface area contributed by atoms with Crippen molar-refractivity contribution >= 4 is 16.0 Å². The summed E-state index contributed by atoms with van der Waals surface area (Å²) < 4.78 is 51.3. The maximum absolute atomic E-state index is 12.2. The molecule has 2 aromatic heterocycles. The van der Waals surface area contributed by atoms with Gasteiger partial charge in [-0.05, 0) is 0 Å². The van der Waals surface area contributed by atoms with Gasteiger partial charge in [0.1, 0.15) is 17.3 Å². The van der Waals surface area contributed by atoms with Crippen molar-refractivity contribution < 1.29 is 27.1 Å². The molecule has 23 heavy (non-hydrogen) atoms. The average molecular weight is 347 g/mol. The summed E-state index contributed by atoms with van der Waals surface area (Å²) in [4.78, 5) is 17.8. The highest BCUT2D eigenvalue weighted by Gasteiger charge is 2.18. The Labute approximate surface area is 129 Å². The predicted molar refractivity (Wildman–Crippen MR) is 71.2 cm³/mol. The Balaban J connectivity index is 2.03. The van der Waals surface area contributed by atoms with E-state index in [1.165, 1.54) is 0 Å². The van der Waals surface area contributed by atoms with Crippen LogP contribution in [0, 0.1) is 0 Å². The Bertz CT molecular complexity index is 791. The van der Waals surface area contributed by atoms with Crippen molar-refractivity contribution in [2.75, 3.05) is 0 Å². The first-order chi connectivity index (χ1) is 10.8. The van der Waals surface area contributed by atoms with E-state index in [1.807, 2.05) is 0 Å². The van der Waals surface area contributed by atoms with Gasteiger partial charge in [-0.1, -0.05) is 0 Å². The van der Waals surface area contributed by atoms with Gasteiger partial charge < -0.3 is 5.11 Å². The molecule has 0 atom stereocenters. The first-order valence-electron chi connectivity index (χ1n) is 6.12. The van der Waals surface area contributed by atoms with Crippen molar-refractivity contribution in [1.82, 2.24) is 24.5 Å². The van der Waals surface area contributed by atoms with E-state index < -0.39 is 29.0 Å². The van der Waals surface area contributed by atoms with Crippen LogP contribution in [0.1, 0.15) is 16.2 Å². The third kappa shape index (κ3) is 4.50. The molecule has 0 amide bonds. The van der Waals surface area contributed by atoms with Crippen LogP contribution in [-0.4, -0.2) is 45.7 Å². The number of sulfonamides is 1. The van der Waals surface area contributed by atoms with E-state index in [0.29, 0.717) is 0 Å². The van der Waals surface area contributed by atoms with E-state index in [1.54, 1.807) is 0 Å². The number of nitrogens with one attached hydrogen (secondary N) is 1. The molecule has 12 heteroatoms. The number of hydrogen-bond donors (Lipinski definition) is 2. The number of halogens is 2. The molecule has 0 unspecified atom stereocenters. The molecule has 0 spiro atoms. The van der Waals surface area contributed by atoms with Gasteiger partial charge in [0.05, 0.1) is 18.3 Å². The minimum absolute atomic E-state index is 0.0542. The number of aromatic carboxylic acids is 1. The molecule has 2 aromatic rings. The number of hydrogen-bond acceptors (Lipinski definition) is 6. The van der Waals surface area contributed by atoms with E-state index in [9.17, 15) is 22.0 Å². The number of rotatable bonds is 7. The molecule has 0 aliphatic rings. The number of carboxylic acid groups (broad SMARTS) is 1. The summed E-state index contributed by atoms with van der Waals surface area (Å²) in [5.74, 6) is -1.15. The Morgan fingerprint density at radius 3 is 2.52 bits per heavy atom. The molecule has 2 N–H and O–H groups in total. The quantitative estimate of drug-likeness (QED) is 0.728. The Morgan fingerprint density at radius 1 is 1.30 bits per heavy atom. The van der Waals surface area contributed by atoms with Gasteiger partial charge in [0.2, 0.25) is 10.0 Å². The highest BCUT2D eigenvalue weighted by atomic mass is 32.2. The SMILES string of the molecule is O=C(O)c1cnc(CNS(=O)(=O)c2cnn(CC(F)F)c2)nc1. The molecular weight excluding hydrogens is 336 g/mol. The molecule has 0 saturated heterocycles. The minimum Gasteiger partial charge on any atom is -0.478 e. The van der Waals surface area contributed by atoms with Gasteiger partial charge in [-0.15, -0.1) is 0 Å². The second-order valence-electron chi connectivity index (χ2n) is 4.31. The van der Waals surface area contributed by atoms with Crippen LogP contribution in [0.4, 0.5) is 8.78 Å². The van der Waals surface area contributed by atoms with Crippen molar-refractivity contribution in [3.63, 3.8) is 0 Å². The zero-order valence-electron chi connectivity index (χ0n) is 11.4. The van der Waals surface area contributed by atoms with Gasteiger partial charge in [-0.25, -0.2) is 36.7 Å². The largest absolute Gasteiger partial charge is 0.478 e. The lowest BCUT2D eigenvalue weighted by atomic mass is 10.3. The first-order valence-corrected chi connectivity index (χ1v) is 7.61. The van der Waals surface area contributed by atoms with Crippen LogP contribution in [0.3, 0.4) is 0 Å². The van der Waals surface area contributed by atoms with E-state index in [4.69, 9.17) is 5.11 Å². The average Bonchev–Trinajstić information content (AvgIpc) is 2.94. The minimum atomic E-state index is -3.97. The molecule has 0 fully saturated rings. The lowest BCUT2D eigenvalue weighted by Gasteiger charge is -2.04. The van der Waals surface area contributed by atoms with Crippen LogP contribution >= 0.6 is 0 Å². The molecule has 2 rings (SSSR count). The number of aromatic nitrogens is 4. The maximum atomic E-state index is 12.2. The van der Waals surface area contributed by atoms with Gasteiger partial charge in [0.15, 0.2) is 0 Å². The standard InChI is InChI=1S/C11H11F2N5O4S/c12-9(13)6-18-5-8(3-16-18)23(21,22)17-4-10-14-1-7(2-15-10)11(19)20/h1-3,5,9,17H,4,6H2,(H,19,20). The van der Waals surface area contributed by atoms with Crippen molar-refractivity contribution in [2.45, 2.75) is 24.4 Å². The summed E-state index contributed by atoms with van der Waals surface area (Å²) >= 11 is 0. The monoisotopic (exact) mass is 347 g/mol. The number of alkyl halides is 2. The topological polar surface area (TPSA) is 127 Å². The molecule has 0 aliphatic heterocycles. The highest BCUT2D eigenvalue weighted by Crippen LogP contribution is 2.09. The normalized spacial score (nSPS) is 11.8. The molecule has 9 nitrogen and oxygen atoms in total. The number of carbonyl (C=O) groups is 1. The van der Waals surface area contributed by atoms with Crippen LogP contribution in [0.25, 0.3) is 0 Å². The zero-order chi connectivity index (χ0) is 17.0. The van der Waals surface area contributed by atoms with Gasteiger partial charge in [0.25, 0.3) is 6.43 Å². The van der Waals surface area contributed by atoms with E-state index in [2.05, 4.69) is 19.8 Å². The molecule has 124 valence electrons. The van der Waals surface area contributed by atoms with Crippen molar-refractivity contribution in [1.29, 1.82) is 0 Å². The lowest BCUT2D eigenvalue weighted by Crippen LogP contribution is -2.24. The Hall–Kier alpha value is -2.47. The van der Waals surface area contributed by atoms with Crippen LogP contribution in [0.2, 0.25) is 0 Å². The summed E-state index contributed by atoms with van der Waals surface area (Å²) in [6, 6.07) is 0. The van der Waals surface area contributed by atoms with Crippen LogP contribution < -0.4 is 4.72 Å². The highest BCUT2D eigenvalue weighted by molar-refractivity contribution is 7.89.